The second-order valence-corrected chi connectivity index (χ2v) is 7.21. The molecule has 3 nitrogen and oxygen atoms in total. The number of nitriles is 1. The molecule has 5 rings (SSSR count). The maximum atomic E-state index is 9.21. The predicted octanol–water partition coefficient (Wildman–Crippen LogP) is 3.72. The Morgan fingerprint density at radius 1 is 1.16 bits per heavy atom. The van der Waals surface area contributed by atoms with Crippen LogP contribution in [0, 0.1) is 46.6 Å². The van der Waals surface area contributed by atoms with Crippen molar-refractivity contribution in [3.05, 3.63) is 15.9 Å². The summed E-state index contributed by atoms with van der Waals surface area (Å²) in [6.07, 6.45) is 6.97. The number of rotatable bonds is 1. The number of hydrogen-bond acceptors (Lipinski definition) is 2. The summed E-state index contributed by atoms with van der Waals surface area (Å²) in [5.74, 6) is 3.51. The molecule has 19 heavy (non-hydrogen) atoms. The van der Waals surface area contributed by atoms with Crippen molar-refractivity contribution < 1.29 is 0 Å². The van der Waals surface area contributed by atoms with Crippen LogP contribution in [0.1, 0.15) is 49.4 Å². The smallest absolute Gasteiger partial charge is 0.140 e. The van der Waals surface area contributed by atoms with E-state index in [0.29, 0.717) is 11.6 Å². The molecule has 1 aromatic rings. The zero-order valence-corrected chi connectivity index (χ0v) is 12.0. The molecule has 0 atom stereocenters. The van der Waals surface area contributed by atoms with E-state index in [9.17, 15) is 5.26 Å². The highest BCUT2D eigenvalue weighted by atomic mass is 32.1. The summed E-state index contributed by atoms with van der Waals surface area (Å²) in [7, 11) is 0. The van der Waals surface area contributed by atoms with Crippen LogP contribution >= 0.6 is 12.2 Å². The molecule has 4 heteroatoms. The van der Waals surface area contributed by atoms with Gasteiger partial charge in [-0.15, -0.1) is 0 Å². The van der Waals surface area contributed by atoms with Gasteiger partial charge in [-0.05, 0) is 62.7 Å². The molecule has 1 aromatic heterocycles. The molecule has 4 aliphatic rings. The van der Waals surface area contributed by atoms with Crippen LogP contribution in [-0.2, 0) is 0 Å². The van der Waals surface area contributed by atoms with Gasteiger partial charge in [0.2, 0.25) is 0 Å². The molecule has 4 fully saturated rings. The fraction of sp³-hybridized carbons (Fsp3) is 0.733. The SMILES string of the molecule is Cc1[nH]n(C2C3CC4CC(C3)CC2C4)c(=S)c1C#N. The first-order chi connectivity index (χ1) is 9.17. The standard InChI is InChI=1S/C15H19N3S/c1-8-13(7-16)15(19)18(17-8)14-11-3-9-2-10(5-11)6-12(14)4-9/h9-12,14,17H,2-6H2,1H3. The Bertz CT molecular complexity index is 590. The van der Waals surface area contributed by atoms with Crippen LogP contribution in [0.25, 0.3) is 0 Å². The van der Waals surface area contributed by atoms with Crippen molar-refractivity contribution in [2.45, 2.75) is 45.1 Å². The second kappa shape index (κ2) is 3.96. The molecule has 0 radical (unpaired) electrons. The Hall–Kier alpha value is -1.08. The van der Waals surface area contributed by atoms with Gasteiger partial charge >= 0.3 is 0 Å². The molecule has 0 amide bonds. The van der Waals surface area contributed by atoms with E-state index < -0.39 is 0 Å². The number of nitrogens with one attached hydrogen (secondary N) is 1. The van der Waals surface area contributed by atoms with Gasteiger partial charge in [0.1, 0.15) is 16.3 Å². The Kier molecular flexibility index (Phi) is 2.44. The van der Waals surface area contributed by atoms with Crippen molar-refractivity contribution in [1.29, 1.82) is 5.26 Å². The van der Waals surface area contributed by atoms with Gasteiger partial charge in [-0.25, -0.2) is 0 Å². The summed E-state index contributed by atoms with van der Waals surface area (Å²) in [6.45, 7) is 1.96. The third kappa shape index (κ3) is 1.57. The van der Waals surface area contributed by atoms with Gasteiger partial charge in [0, 0.05) is 5.69 Å². The summed E-state index contributed by atoms with van der Waals surface area (Å²) in [6, 6.07) is 2.78. The summed E-state index contributed by atoms with van der Waals surface area (Å²) in [4.78, 5) is 0. The minimum absolute atomic E-state index is 0.529. The number of aromatic amines is 1. The first kappa shape index (κ1) is 11.7. The van der Waals surface area contributed by atoms with Crippen LogP contribution in [0.4, 0.5) is 0 Å². The fourth-order valence-electron chi connectivity index (χ4n) is 5.23. The Labute approximate surface area is 118 Å². The van der Waals surface area contributed by atoms with Crippen LogP contribution in [0.3, 0.4) is 0 Å². The van der Waals surface area contributed by atoms with E-state index in [1.54, 1.807) is 0 Å². The zero-order chi connectivity index (χ0) is 13.1. The van der Waals surface area contributed by atoms with E-state index >= 15 is 0 Å². The summed E-state index contributed by atoms with van der Waals surface area (Å²) in [5, 5.41) is 12.6. The first-order valence-corrected chi connectivity index (χ1v) is 7.79. The van der Waals surface area contributed by atoms with Gasteiger partial charge < -0.3 is 5.10 Å². The molecule has 4 bridgehead atoms. The molecule has 0 unspecified atom stereocenters. The number of aryl methyl sites for hydroxylation is 1. The van der Waals surface area contributed by atoms with Gasteiger partial charge in [-0.2, -0.15) is 5.26 Å². The molecule has 0 spiro atoms. The minimum atomic E-state index is 0.529. The average molecular weight is 273 g/mol. The van der Waals surface area contributed by atoms with Crippen molar-refractivity contribution in [2.75, 3.05) is 0 Å². The molecular weight excluding hydrogens is 254 g/mol. The summed E-state index contributed by atoms with van der Waals surface area (Å²) >= 11 is 5.52. The molecule has 100 valence electrons. The molecule has 0 saturated heterocycles. The van der Waals surface area contributed by atoms with Crippen molar-refractivity contribution >= 4 is 12.2 Å². The van der Waals surface area contributed by atoms with Gasteiger partial charge in [-0.1, -0.05) is 12.2 Å². The molecule has 1 heterocycles. The highest BCUT2D eigenvalue weighted by Crippen LogP contribution is 2.58. The molecule has 0 aromatic carbocycles. The number of hydrogen-bond donors (Lipinski definition) is 1. The van der Waals surface area contributed by atoms with Gasteiger partial charge in [0.25, 0.3) is 0 Å². The van der Waals surface area contributed by atoms with Crippen molar-refractivity contribution in [1.82, 2.24) is 9.78 Å². The van der Waals surface area contributed by atoms with Crippen LogP contribution in [0.2, 0.25) is 0 Å². The highest BCUT2D eigenvalue weighted by Gasteiger charge is 2.49. The van der Waals surface area contributed by atoms with Crippen molar-refractivity contribution in [2.24, 2.45) is 23.7 Å². The lowest BCUT2D eigenvalue weighted by molar-refractivity contribution is -0.0342. The summed E-state index contributed by atoms with van der Waals surface area (Å²) in [5.41, 5.74) is 1.60. The van der Waals surface area contributed by atoms with Gasteiger partial charge in [-0.3, -0.25) is 4.68 Å². The molecular formula is C15H19N3S. The quantitative estimate of drug-likeness (QED) is 0.792. The maximum absolute atomic E-state index is 9.21. The second-order valence-electron chi connectivity index (χ2n) is 6.82. The largest absolute Gasteiger partial charge is 0.300 e. The van der Waals surface area contributed by atoms with E-state index in [2.05, 4.69) is 15.8 Å². The van der Waals surface area contributed by atoms with Crippen LogP contribution < -0.4 is 0 Å². The Morgan fingerprint density at radius 2 is 1.74 bits per heavy atom. The van der Waals surface area contributed by atoms with E-state index in [4.69, 9.17) is 12.2 Å². The number of H-pyrrole nitrogens is 1. The third-order valence-corrected chi connectivity index (χ3v) is 6.08. The lowest BCUT2D eigenvalue weighted by atomic mass is 9.54. The van der Waals surface area contributed by atoms with Crippen molar-refractivity contribution in [3.8, 4) is 6.07 Å². The molecule has 4 saturated carbocycles. The van der Waals surface area contributed by atoms with E-state index in [1.165, 1.54) is 32.1 Å². The van der Waals surface area contributed by atoms with Gasteiger partial charge in [0.05, 0.1) is 6.04 Å². The molecule has 4 aliphatic carbocycles. The zero-order valence-electron chi connectivity index (χ0n) is 11.2. The minimum Gasteiger partial charge on any atom is -0.300 e. The molecule has 0 aliphatic heterocycles. The first-order valence-electron chi connectivity index (χ1n) is 7.38. The normalized spacial score (nSPS) is 39.5. The van der Waals surface area contributed by atoms with Crippen LogP contribution in [0.15, 0.2) is 0 Å². The predicted molar refractivity (Wildman–Crippen MR) is 75.2 cm³/mol. The topological polar surface area (TPSA) is 44.5 Å². The van der Waals surface area contributed by atoms with Crippen molar-refractivity contribution in [3.63, 3.8) is 0 Å². The lowest BCUT2D eigenvalue weighted by Gasteiger charge is -2.54. The summed E-state index contributed by atoms with van der Waals surface area (Å²) < 4.78 is 2.90. The number of aromatic nitrogens is 2. The maximum Gasteiger partial charge on any atom is 0.140 e. The highest BCUT2D eigenvalue weighted by molar-refractivity contribution is 7.71. The van der Waals surface area contributed by atoms with Crippen LogP contribution in [-0.4, -0.2) is 9.78 Å². The van der Waals surface area contributed by atoms with E-state index in [-0.39, 0.29) is 0 Å². The monoisotopic (exact) mass is 273 g/mol. The van der Waals surface area contributed by atoms with Gasteiger partial charge in [0.15, 0.2) is 0 Å². The van der Waals surface area contributed by atoms with E-state index in [0.717, 1.165) is 34.0 Å². The lowest BCUT2D eigenvalue weighted by Crippen LogP contribution is -2.46. The van der Waals surface area contributed by atoms with E-state index in [1.807, 2.05) is 6.92 Å². The molecule has 1 N–H and O–H groups in total. The average Bonchev–Trinajstić information content (AvgIpc) is 2.63. The third-order valence-electron chi connectivity index (χ3n) is 5.68. The fourth-order valence-corrected chi connectivity index (χ4v) is 5.59. The van der Waals surface area contributed by atoms with Crippen LogP contribution in [0.5, 0.6) is 0 Å². The number of nitrogens with zero attached hydrogens (tertiary/aromatic N) is 2. The Balaban J connectivity index is 1.78. The Morgan fingerprint density at radius 3 is 2.21 bits per heavy atom.